The molecule has 0 amide bonds. The average Bonchev–Trinajstić information content (AvgIpc) is 3.45. The average molecular weight is 511 g/mol. The van der Waals surface area contributed by atoms with E-state index >= 15 is 0 Å². The molecule has 0 radical (unpaired) electrons. The molecule has 0 spiro atoms. The van der Waals surface area contributed by atoms with Crippen molar-refractivity contribution in [2.24, 2.45) is 0 Å². The summed E-state index contributed by atoms with van der Waals surface area (Å²) in [6.07, 6.45) is 2.94. The fourth-order valence-corrected chi connectivity index (χ4v) is 5.73. The zero-order chi connectivity index (χ0) is 26.5. The molecule has 0 aliphatic heterocycles. The molecule has 0 atom stereocenters. The van der Waals surface area contributed by atoms with Crippen molar-refractivity contribution in [3.05, 3.63) is 47.5 Å². The van der Waals surface area contributed by atoms with Gasteiger partial charge >= 0.3 is 5.97 Å². The topological polar surface area (TPSA) is 122 Å². The second-order valence-corrected chi connectivity index (χ2v) is 10.5. The number of hydrogen-bond acceptors (Lipinski definition) is 6. The number of carbonyl (C=O) groups is 1. The van der Waals surface area contributed by atoms with E-state index in [9.17, 15) is 19.4 Å². The maximum absolute atomic E-state index is 14.4. The van der Waals surface area contributed by atoms with Crippen molar-refractivity contribution in [1.29, 1.82) is 0 Å². The van der Waals surface area contributed by atoms with Crippen molar-refractivity contribution >= 4 is 28.0 Å². The molecule has 3 heterocycles. The van der Waals surface area contributed by atoms with Crippen LogP contribution in [0.2, 0.25) is 0 Å². The van der Waals surface area contributed by atoms with Crippen molar-refractivity contribution in [2.75, 3.05) is 20.8 Å². The van der Waals surface area contributed by atoms with Gasteiger partial charge in [0.1, 0.15) is 0 Å². The smallest absolute Gasteiger partial charge is 0.335 e. The molecule has 9 nitrogen and oxygen atoms in total. The zero-order valence-electron chi connectivity index (χ0n) is 21.3. The Kier molecular flexibility index (Phi) is 6.19. The number of ether oxygens (including phenoxy) is 2. The molecule has 10 heteroatoms. The molecule has 3 aromatic heterocycles. The zero-order valence-corrected chi connectivity index (χ0v) is 21.3. The van der Waals surface area contributed by atoms with Crippen molar-refractivity contribution in [1.82, 2.24) is 19.7 Å². The highest BCUT2D eigenvalue weighted by atomic mass is 19.1. The third-order valence-electron chi connectivity index (χ3n) is 7.54. The normalized spacial score (nSPS) is 20.5. The Labute approximate surface area is 213 Å². The highest BCUT2D eigenvalue weighted by molar-refractivity contribution is 5.94. The number of halogens is 1. The van der Waals surface area contributed by atoms with Crippen molar-refractivity contribution in [3.8, 4) is 11.4 Å². The highest BCUT2D eigenvalue weighted by Gasteiger charge is 2.43. The molecule has 3 N–H and O–H groups in total. The van der Waals surface area contributed by atoms with Crippen LogP contribution in [0.25, 0.3) is 27.8 Å². The van der Waals surface area contributed by atoms with Crippen LogP contribution < -0.4 is 4.74 Å². The van der Waals surface area contributed by atoms with Gasteiger partial charge in [-0.3, -0.25) is 5.10 Å². The maximum atomic E-state index is 14.4. The van der Waals surface area contributed by atoms with E-state index < -0.39 is 22.8 Å². The number of carboxylic acid groups (broad SMARTS) is 1. The van der Waals surface area contributed by atoms with Gasteiger partial charge < -0.3 is 24.3 Å². The third kappa shape index (κ3) is 4.14. The molecule has 1 saturated carbocycles. The SMILES string of the molecule is COCC(C)(C)c1c([C@H]2CC[C@](O)(C(=O)O)CC2)c2nc3[nH]ncc3cc2n1-c1ccc(F)c(OC)c1. The minimum atomic E-state index is -1.73. The summed E-state index contributed by atoms with van der Waals surface area (Å²) in [5.41, 5.74) is 2.60. The monoisotopic (exact) mass is 510 g/mol. The van der Waals surface area contributed by atoms with Crippen LogP contribution in [0.5, 0.6) is 5.75 Å². The number of aliphatic hydroxyl groups is 1. The van der Waals surface area contributed by atoms with Gasteiger partial charge in [0.25, 0.3) is 0 Å². The maximum Gasteiger partial charge on any atom is 0.335 e. The van der Waals surface area contributed by atoms with Crippen LogP contribution in [-0.2, 0) is 14.9 Å². The van der Waals surface area contributed by atoms with Gasteiger partial charge in [-0.1, -0.05) is 13.8 Å². The molecule has 1 aromatic carbocycles. The summed E-state index contributed by atoms with van der Waals surface area (Å²) in [5.74, 6) is -1.58. The number of nitrogens with zero attached hydrogens (tertiary/aromatic N) is 3. The number of fused-ring (bicyclic) bond motifs is 2. The fraction of sp³-hybridized carbons (Fsp3) is 0.444. The number of pyridine rings is 1. The Morgan fingerprint density at radius 1 is 1.27 bits per heavy atom. The number of benzene rings is 1. The van der Waals surface area contributed by atoms with E-state index in [1.165, 1.54) is 13.2 Å². The number of aromatic nitrogens is 4. The number of nitrogens with one attached hydrogen (secondary N) is 1. The summed E-state index contributed by atoms with van der Waals surface area (Å²) >= 11 is 0. The minimum absolute atomic E-state index is 0.0512. The molecule has 1 aliphatic carbocycles. The Morgan fingerprint density at radius 2 is 2.00 bits per heavy atom. The largest absolute Gasteiger partial charge is 0.494 e. The van der Waals surface area contributed by atoms with Gasteiger partial charge in [-0.2, -0.15) is 5.10 Å². The lowest BCUT2D eigenvalue weighted by molar-refractivity contribution is -0.162. The van der Waals surface area contributed by atoms with Gasteiger partial charge in [0.05, 0.1) is 30.9 Å². The molecule has 1 aliphatic rings. The van der Waals surface area contributed by atoms with E-state index in [0.29, 0.717) is 30.8 Å². The minimum Gasteiger partial charge on any atom is -0.494 e. The number of aliphatic carboxylic acids is 1. The molecule has 5 rings (SSSR count). The van der Waals surface area contributed by atoms with Gasteiger partial charge in [-0.25, -0.2) is 14.2 Å². The van der Waals surface area contributed by atoms with Crippen LogP contribution in [0.1, 0.15) is 56.7 Å². The Balaban J connectivity index is 1.82. The van der Waals surface area contributed by atoms with E-state index in [2.05, 4.69) is 28.6 Å². The predicted molar refractivity (Wildman–Crippen MR) is 136 cm³/mol. The highest BCUT2D eigenvalue weighted by Crippen LogP contribution is 2.47. The number of carboxylic acids is 1. The van der Waals surface area contributed by atoms with Crippen molar-refractivity contribution in [2.45, 2.75) is 56.5 Å². The first-order chi connectivity index (χ1) is 17.6. The molecule has 0 saturated heterocycles. The van der Waals surface area contributed by atoms with Gasteiger partial charge in [0.15, 0.2) is 22.8 Å². The lowest BCUT2D eigenvalue weighted by Crippen LogP contribution is -2.42. The van der Waals surface area contributed by atoms with E-state index in [1.807, 2.05) is 6.07 Å². The van der Waals surface area contributed by atoms with Crippen LogP contribution in [0.4, 0.5) is 4.39 Å². The first-order valence-corrected chi connectivity index (χ1v) is 12.3. The summed E-state index contributed by atoms with van der Waals surface area (Å²) in [5, 5.41) is 28.1. The number of rotatable bonds is 7. The van der Waals surface area contributed by atoms with Gasteiger partial charge in [-0.15, -0.1) is 0 Å². The summed E-state index contributed by atoms with van der Waals surface area (Å²) in [6.45, 7) is 4.56. The number of H-pyrrole nitrogens is 1. The third-order valence-corrected chi connectivity index (χ3v) is 7.54. The molecular formula is C27H31FN4O5. The first kappa shape index (κ1) is 25.2. The van der Waals surface area contributed by atoms with Crippen LogP contribution in [0.3, 0.4) is 0 Å². The lowest BCUT2D eigenvalue weighted by atomic mass is 9.73. The molecule has 4 aromatic rings. The summed E-state index contributed by atoms with van der Waals surface area (Å²) in [6, 6.07) is 6.75. The van der Waals surface area contributed by atoms with Gasteiger partial charge in [0.2, 0.25) is 0 Å². The van der Waals surface area contributed by atoms with E-state index in [1.54, 1.807) is 25.4 Å². The van der Waals surface area contributed by atoms with E-state index in [0.717, 1.165) is 27.7 Å². The van der Waals surface area contributed by atoms with Crippen LogP contribution in [0.15, 0.2) is 30.5 Å². The summed E-state index contributed by atoms with van der Waals surface area (Å²) in [4.78, 5) is 16.7. The predicted octanol–water partition coefficient (Wildman–Crippen LogP) is 4.45. The Hall–Kier alpha value is -3.50. The second-order valence-electron chi connectivity index (χ2n) is 10.5. The molecule has 0 bridgehead atoms. The second kappa shape index (κ2) is 9.11. The number of aromatic amines is 1. The first-order valence-electron chi connectivity index (χ1n) is 12.3. The Bertz CT molecular complexity index is 1480. The molecular weight excluding hydrogens is 479 g/mol. The van der Waals surface area contributed by atoms with Crippen LogP contribution in [0, 0.1) is 5.82 Å². The summed E-state index contributed by atoms with van der Waals surface area (Å²) in [7, 11) is 3.08. The number of hydrogen-bond donors (Lipinski definition) is 3. The number of methoxy groups -OCH3 is 2. The van der Waals surface area contributed by atoms with E-state index in [-0.39, 0.29) is 24.5 Å². The standard InChI is InChI=1S/C27H31FN4O5/c1-26(2,14-36-3)23-21(15-7-9-27(35,10-8-15)25(33)34)22-19(11-16-13-29-31-24(16)30-22)32(23)17-5-6-18(28)20(12-17)37-4/h5-6,11-13,15,35H,7-10,14H2,1-4H3,(H,33,34)(H,29,30,31)/t15-,27+. The van der Waals surface area contributed by atoms with Gasteiger partial charge in [0, 0.05) is 40.9 Å². The van der Waals surface area contributed by atoms with Gasteiger partial charge in [-0.05, 0) is 49.8 Å². The van der Waals surface area contributed by atoms with Crippen LogP contribution in [-0.4, -0.2) is 62.4 Å². The van der Waals surface area contributed by atoms with E-state index in [4.69, 9.17) is 14.5 Å². The molecule has 1 fully saturated rings. The quantitative estimate of drug-likeness (QED) is 0.336. The lowest BCUT2D eigenvalue weighted by Gasteiger charge is -2.35. The Morgan fingerprint density at radius 3 is 2.65 bits per heavy atom. The van der Waals surface area contributed by atoms with Crippen molar-refractivity contribution < 1.29 is 28.9 Å². The van der Waals surface area contributed by atoms with Crippen LogP contribution >= 0.6 is 0 Å². The van der Waals surface area contributed by atoms with Crippen molar-refractivity contribution in [3.63, 3.8) is 0 Å². The summed E-state index contributed by atoms with van der Waals surface area (Å²) < 4.78 is 27.4. The molecule has 37 heavy (non-hydrogen) atoms. The molecule has 0 unspecified atom stereocenters. The fourth-order valence-electron chi connectivity index (χ4n) is 5.73. The molecule has 196 valence electrons.